The van der Waals surface area contributed by atoms with Crippen LogP contribution in [0.1, 0.15) is 53.9 Å². The summed E-state index contributed by atoms with van der Waals surface area (Å²) in [7, 11) is 4.29. The fourth-order valence-corrected chi connectivity index (χ4v) is 5.23. The molecule has 1 aliphatic heterocycles. The standard InChI is InChI=1S/C32H49N12/c1-8-41-25-33-43(10-3)31(41)37-35-27-15-19-29(20-16-27)39(6)23-13-12-14-24-40(7)30-21-17-28(18-22-30)36-38-32(5)42(9-2)26-34-44(32)11-4/h15-22,25-26H,8-14,23-24H2,1-7H3/q+1. The Morgan fingerprint density at radius 1 is 0.750 bits per heavy atom. The van der Waals surface area contributed by atoms with E-state index in [-0.39, 0.29) is 0 Å². The number of aryl methyl sites for hydroxylation is 2. The van der Waals surface area contributed by atoms with Crippen molar-refractivity contribution in [1.82, 2.24) is 19.7 Å². The van der Waals surface area contributed by atoms with Gasteiger partial charge >= 0.3 is 5.95 Å². The van der Waals surface area contributed by atoms with E-state index in [0.717, 1.165) is 69.4 Å². The third-order valence-corrected chi connectivity index (χ3v) is 8.14. The molecule has 1 aromatic heterocycles. The molecule has 0 saturated carbocycles. The zero-order valence-electron chi connectivity index (χ0n) is 27.5. The van der Waals surface area contributed by atoms with E-state index in [1.54, 1.807) is 6.33 Å². The molecule has 0 spiro atoms. The number of hydrogen-bond donors (Lipinski definition) is 0. The minimum atomic E-state index is -0.582. The topological polar surface area (TPSA) is 96.5 Å². The third kappa shape index (κ3) is 7.78. The van der Waals surface area contributed by atoms with E-state index in [9.17, 15) is 0 Å². The van der Waals surface area contributed by atoms with Gasteiger partial charge in [-0.25, -0.2) is 9.58 Å². The quantitative estimate of drug-likeness (QED) is 0.103. The van der Waals surface area contributed by atoms with Gasteiger partial charge in [0.2, 0.25) is 12.1 Å². The Balaban J connectivity index is 1.19. The summed E-state index contributed by atoms with van der Waals surface area (Å²) in [4.78, 5) is 6.69. The van der Waals surface area contributed by atoms with Crippen LogP contribution in [0.25, 0.3) is 0 Å². The normalized spacial score (nSPS) is 16.6. The summed E-state index contributed by atoms with van der Waals surface area (Å²) in [6.07, 6.45) is 7.08. The average molecular weight is 602 g/mol. The molecular formula is C32H49N12+. The summed E-state index contributed by atoms with van der Waals surface area (Å²) >= 11 is 0. The van der Waals surface area contributed by atoms with Gasteiger partial charge in [0.05, 0.1) is 24.5 Å². The van der Waals surface area contributed by atoms with Crippen LogP contribution in [0.5, 0.6) is 0 Å². The lowest BCUT2D eigenvalue weighted by molar-refractivity contribution is -0.681. The van der Waals surface area contributed by atoms with Gasteiger partial charge in [0.1, 0.15) is 6.34 Å². The molecule has 1 unspecified atom stereocenters. The van der Waals surface area contributed by atoms with Crippen LogP contribution in [-0.4, -0.2) is 72.1 Å². The Morgan fingerprint density at radius 3 is 1.86 bits per heavy atom. The Labute approximate surface area is 262 Å². The minimum Gasteiger partial charge on any atom is -0.375 e. The lowest BCUT2D eigenvalue weighted by atomic mass is 10.2. The lowest BCUT2D eigenvalue weighted by Crippen LogP contribution is -2.49. The monoisotopic (exact) mass is 601 g/mol. The summed E-state index contributed by atoms with van der Waals surface area (Å²) in [5.41, 5.74) is 4.04. The average Bonchev–Trinajstić information content (AvgIpc) is 3.61. The Bertz CT molecular complexity index is 1360. The second-order valence-electron chi connectivity index (χ2n) is 11.1. The Morgan fingerprint density at radius 2 is 1.34 bits per heavy atom. The van der Waals surface area contributed by atoms with Crippen LogP contribution in [0.3, 0.4) is 0 Å². The van der Waals surface area contributed by atoms with Gasteiger partial charge in [0, 0.05) is 63.7 Å². The van der Waals surface area contributed by atoms with Gasteiger partial charge in [-0.15, -0.1) is 9.80 Å². The number of benzene rings is 2. The second kappa shape index (κ2) is 15.4. The first-order chi connectivity index (χ1) is 21.3. The molecule has 4 rings (SSSR count). The SMILES string of the molecule is CCN1C=NN(CC)C1(C)N=Nc1ccc(N(C)CCCCCN(C)c2ccc(N=Nc3n(CC)nc[n+]3CC)cc2)cc1. The zero-order valence-corrected chi connectivity index (χ0v) is 27.5. The van der Waals surface area contributed by atoms with Crippen molar-refractivity contribution < 1.29 is 4.57 Å². The summed E-state index contributed by atoms with van der Waals surface area (Å²) in [6.45, 7) is 15.5. The number of unbranched alkanes of at least 4 members (excludes halogenated alkanes) is 2. The van der Waals surface area contributed by atoms with Crippen molar-refractivity contribution >= 4 is 35.0 Å². The van der Waals surface area contributed by atoms with Crippen LogP contribution < -0.4 is 14.4 Å². The molecule has 2 aromatic carbocycles. The third-order valence-electron chi connectivity index (χ3n) is 8.14. The molecule has 0 fully saturated rings. The van der Waals surface area contributed by atoms with Crippen molar-refractivity contribution in [1.29, 1.82) is 0 Å². The molecule has 0 N–H and O–H groups in total. The number of nitrogens with zero attached hydrogens (tertiary/aromatic N) is 12. The number of azo groups is 2. The van der Waals surface area contributed by atoms with E-state index < -0.39 is 5.79 Å². The molecular weight excluding hydrogens is 552 g/mol. The molecule has 0 aliphatic carbocycles. The predicted molar refractivity (Wildman–Crippen MR) is 177 cm³/mol. The summed E-state index contributed by atoms with van der Waals surface area (Å²) in [5, 5.41) is 28.9. The Kier molecular flexibility index (Phi) is 11.4. The number of hydrazone groups is 1. The number of rotatable bonds is 16. The molecule has 0 bridgehead atoms. The van der Waals surface area contributed by atoms with Crippen molar-refractivity contribution in [3.8, 4) is 0 Å². The van der Waals surface area contributed by atoms with Gasteiger partial charge in [-0.1, -0.05) is 5.11 Å². The summed E-state index contributed by atoms with van der Waals surface area (Å²) < 4.78 is 3.84. The van der Waals surface area contributed by atoms with Gasteiger partial charge in [0.15, 0.2) is 0 Å². The van der Waals surface area contributed by atoms with Crippen molar-refractivity contribution in [3.05, 3.63) is 54.9 Å². The van der Waals surface area contributed by atoms with Gasteiger partial charge < -0.3 is 14.7 Å². The summed E-state index contributed by atoms with van der Waals surface area (Å²) in [6, 6.07) is 16.6. The van der Waals surface area contributed by atoms with Gasteiger partial charge in [0.25, 0.3) is 0 Å². The molecule has 12 nitrogen and oxygen atoms in total. The van der Waals surface area contributed by atoms with E-state index in [1.165, 1.54) is 17.8 Å². The van der Waals surface area contributed by atoms with Crippen LogP contribution in [0, 0.1) is 0 Å². The van der Waals surface area contributed by atoms with Crippen molar-refractivity contribution in [2.45, 2.75) is 72.8 Å². The predicted octanol–water partition coefficient (Wildman–Crippen LogP) is 6.73. The number of anilines is 2. The van der Waals surface area contributed by atoms with Gasteiger partial charge in [-0.2, -0.15) is 10.2 Å². The highest BCUT2D eigenvalue weighted by atomic mass is 15.7. The van der Waals surface area contributed by atoms with Gasteiger partial charge in [-0.3, -0.25) is 0 Å². The van der Waals surface area contributed by atoms with E-state index >= 15 is 0 Å². The van der Waals surface area contributed by atoms with E-state index in [2.05, 4.69) is 111 Å². The molecule has 3 aromatic rings. The maximum atomic E-state index is 4.67. The van der Waals surface area contributed by atoms with E-state index in [0.29, 0.717) is 0 Å². The first-order valence-corrected chi connectivity index (χ1v) is 15.8. The maximum Gasteiger partial charge on any atom is 0.403 e. The van der Waals surface area contributed by atoms with E-state index in [1.807, 2.05) is 51.8 Å². The Hall–Kier alpha value is -4.35. The van der Waals surface area contributed by atoms with Crippen molar-refractivity contribution in [2.75, 3.05) is 50.1 Å². The highest BCUT2D eigenvalue weighted by Gasteiger charge is 2.39. The highest BCUT2D eigenvalue weighted by molar-refractivity contribution is 5.58. The van der Waals surface area contributed by atoms with Crippen molar-refractivity contribution in [3.63, 3.8) is 0 Å². The first-order valence-electron chi connectivity index (χ1n) is 15.8. The molecule has 1 atom stereocenters. The van der Waals surface area contributed by atoms with Crippen molar-refractivity contribution in [2.24, 2.45) is 25.6 Å². The highest BCUT2D eigenvalue weighted by Crippen LogP contribution is 2.29. The minimum absolute atomic E-state index is 0.582. The molecule has 1 aliphatic rings. The first kappa shape index (κ1) is 32.6. The fraction of sp³-hybridized carbons (Fsp3) is 0.531. The zero-order chi connectivity index (χ0) is 31.5. The van der Waals surface area contributed by atoms with Crippen LogP contribution in [-0.2, 0) is 13.1 Å². The lowest BCUT2D eigenvalue weighted by Gasteiger charge is -2.35. The molecule has 236 valence electrons. The molecule has 0 amide bonds. The van der Waals surface area contributed by atoms with Crippen LogP contribution in [0.15, 0.2) is 80.4 Å². The van der Waals surface area contributed by atoms with Crippen LogP contribution in [0.4, 0.5) is 28.7 Å². The van der Waals surface area contributed by atoms with Gasteiger partial charge in [-0.05, 0) is 101 Å². The van der Waals surface area contributed by atoms with E-state index in [4.69, 9.17) is 0 Å². The largest absolute Gasteiger partial charge is 0.403 e. The molecule has 0 saturated heterocycles. The second-order valence-corrected chi connectivity index (χ2v) is 11.1. The van der Waals surface area contributed by atoms with Crippen LogP contribution in [0.2, 0.25) is 0 Å². The molecule has 0 radical (unpaired) electrons. The number of aromatic nitrogens is 3. The molecule has 12 heteroatoms. The number of hydrogen-bond acceptors (Lipinski definition) is 10. The molecule has 44 heavy (non-hydrogen) atoms. The molecule has 2 heterocycles. The smallest absolute Gasteiger partial charge is 0.375 e. The van der Waals surface area contributed by atoms with Crippen LogP contribution >= 0.6 is 0 Å². The maximum absolute atomic E-state index is 4.67. The summed E-state index contributed by atoms with van der Waals surface area (Å²) in [5.74, 6) is 0.179. The fourth-order valence-electron chi connectivity index (χ4n) is 5.23.